The van der Waals surface area contributed by atoms with Gasteiger partial charge >= 0.3 is 0 Å². The van der Waals surface area contributed by atoms with Crippen molar-refractivity contribution in [2.45, 2.75) is 25.1 Å². The van der Waals surface area contributed by atoms with Crippen LogP contribution < -0.4 is 0 Å². The van der Waals surface area contributed by atoms with E-state index in [-0.39, 0.29) is 25.8 Å². The average molecular weight is 264 g/mol. The number of nitrogens with zero attached hydrogens (tertiary/aromatic N) is 2. The SMILES string of the molecule is COCCN(C(C)COC)S(=O)(=O)C(C)C#N. The second kappa shape index (κ2) is 7.61. The molecule has 6 nitrogen and oxygen atoms in total. The Bertz CT molecular complexity index is 350. The molecule has 100 valence electrons. The summed E-state index contributed by atoms with van der Waals surface area (Å²) < 4.78 is 35.2. The third-order valence-corrected chi connectivity index (χ3v) is 4.57. The van der Waals surface area contributed by atoms with Gasteiger partial charge < -0.3 is 9.47 Å². The Labute approximate surface area is 103 Å². The van der Waals surface area contributed by atoms with Gasteiger partial charge in [-0.15, -0.1) is 0 Å². The summed E-state index contributed by atoms with van der Waals surface area (Å²) in [6.07, 6.45) is 0. The minimum Gasteiger partial charge on any atom is -0.383 e. The van der Waals surface area contributed by atoms with Crippen molar-refractivity contribution < 1.29 is 17.9 Å². The number of methoxy groups -OCH3 is 2. The fourth-order valence-corrected chi connectivity index (χ4v) is 2.80. The van der Waals surface area contributed by atoms with Crippen LogP contribution >= 0.6 is 0 Å². The number of sulfonamides is 1. The fourth-order valence-electron chi connectivity index (χ4n) is 1.37. The maximum atomic E-state index is 12.1. The molecule has 0 fully saturated rings. The lowest BCUT2D eigenvalue weighted by atomic mass is 10.3. The van der Waals surface area contributed by atoms with E-state index in [1.807, 2.05) is 0 Å². The number of hydrogen-bond donors (Lipinski definition) is 0. The van der Waals surface area contributed by atoms with Crippen LogP contribution in [-0.2, 0) is 19.5 Å². The number of ether oxygens (including phenoxy) is 2. The van der Waals surface area contributed by atoms with Crippen molar-refractivity contribution in [2.24, 2.45) is 0 Å². The lowest BCUT2D eigenvalue weighted by molar-refractivity contribution is 0.118. The summed E-state index contributed by atoms with van der Waals surface area (Å²) in [5, 5.41) is 7.67. The highest BCUT2D eigenvalue weighted by Gasteiger charge is 2.32. The van der Waals surface area contributed by atoms with Crippen molar-refractivity contribution in [3.05, 3.63) is 0 Å². The monoisotopic (exact) mass is 264 g/mol. The smallest absolute Gasteiger partial charge is 0.230 e. The van der Waals surface area contributed by atoms with Crippen LogP contribution in [0.15, 0.2) is 0 Å². The molecule has 0 saturated heterocycles. The molecule has 17 heavy (non-hydrogen) atoms. The molecule has 0 bridgehead atoms. The van der Waals surface area contributed by atoms with Crippen LogP contribution in [0, 0.1) is 11.3 Å². The molecule has 0 radical (unpaired) electrons. The van der Waals surface area contributed by atoms with Crippen molar-refractivity contribution in [3.8, 4) is 6.07 Å². The second-order valence-electron chi connectivity index (χ2n) is 3.72. The molecule has 0 spiro atoms. The zero-order chi connectivity index (χ0) is 13.5. The van der Waals surface area contributed by atoms with Crippen molar-refractivity contribution in [3.63, 3.8) is 0 Å². The van der Waals surface area contributed by atoms with E-state index in [2.05, 4.69) is 0 Å². The zero-order valence-electron chi connectivity index (χ0n) is 10.7. The van der Waals surface area contributed by atoms with Crippen LogP contribution in [0.5, 0.6) is 0 Å². The van der Waals surface area contributed by atoms with Crippen LogP contribution in [0.2, 0.25) is 0 Å². The van der Waals surface area contributed by atoms with E-state index in [4.69, 9.17) is 14.7 Å². The number of hydrogen-bond acceptors (Lipinski definition) is 5. The minimum absolute atomic E-state index is 0.218. The van der Waals surface area contributed by atoms with E-state index in [9.17, 15) is 8.42 Å². The summed E-state index contributed by atoms with van der Waals surface area (Å²) in [6, 6.07) is 1.42. The Morgan fingerprint density at radius 1 is 1.29 bits per heavy atom. The predicted molar refractivity (Wildman–Crippen MR) is 63.9 cm³/mol. The van der Waals surface area contributed by atoms with Gasteiger partial charge in [-0.05, 0) is 13.8 Å². The van der Waals surface area contributed by atoms with Gasteiger partial charge in [-0.1, -0.05) is 0 Å². The van der Waals surface area contributed by atoms with Gasteiger partial charge in [-0.3, -0.25) is 0 Å². The highest BCUT2D eigenvalue weighted by Crippen LogP contribution is 2.13. The van der Waals surface area contributed by atoms with E-state index < -0.39 is 15.3 Å². The Morgan fingerprint density at radius 2 is 1.88 bits per heavy atom. The van der Waals surface area contributed by atoms with Crippen LogP contribution in [-0.4, -0.2) is 58.0 Å². The fraction of sp³-hybridized carbons (Fsp3) is 0.900. The van der Waals surface area contributed by atoms with Gasteiger partial charge in [0.15, 0.2) is 5.25 Å². The number of rotatable bonds is 8. The highest BCUT2D eigenvalue weighted by molar-refractivity contribution is 7.90. The average Bonchev–Trinajstić information content (AvgIpc) is 2.28. The maximum Gasteiger partial charge on any atom is 0.230 e. The molecule has 0 aliphatic rings. The lowest BCUT2D eigenvalue weighted by Crippen LogP contribution is -2.46. The Morgan fingerprint density at radius 3 is 2.29 bits per heavy atom. The largest absolute Gasteiger partial charge is 0.383 e. The number of nitriles is 1. The molecule has 0 rings (SSSR count). The second-order valence-corrected chi connectivity index (χ2v) is 5.93. The first-order valence-electron chi connectivity index (χ1n) is 5.30. The lowest BCUT2D eigenvalue weighted by Gasteiger charge is -2.28. The molecule has 2 atom stereocenters. The van der Waals surface area contributed by atoms with E-state index in [1.165, 1.54) is 25.4 Å². The van der Waals surface area contributed by atoms with Gasteiger partial charge in [0, 0.05) is 26.8 Å². The van der Waals surface area contributed by atoms with E-state index >= 15 is 0 Å². The third-order valence-electron chi connectivity index (χ3n) is 2.37. The molecule has 0 aromatic carbocycles. The van der Waals surface area contributed by atoms with Gasteiger partial charge in [0.05, 0.1) is 19.3 Å². The maximum absolute atomic E-state index is 12.1. The first-order chi connectivity index (χ1) is 7.91. The summed E-state index contributed by atoms with van der Waals surface area (Å²) in [7, 11) is -0.628. The molecule has 0 heterocycles. The van der Waals surface area contributed by atoms with Crippen molar-refractivity contribution >= 4 is 10.0 Å². The molecule has 0 N–H and O–H groups in total. The Balaban J connectivity index is 4.97. The van der Waals surface area contributed by atoms with Gasteiger partial charge in [0.2, 0.25) is 10.0 Å². The van der Waals surface area contributed by atoms with Crippen LogP contribution in [0.4, 0.5) is 0 Å². The summed E-state index contributed by atoms with van der Waals surface area (Å²) >= 11 is 0. The van der Waals surface area contributed by atoms with Crippen molar-refractivity contribution in [1.82, 2.24) is 4.31 Å². The first-order valence-corrected chi connectivity index (χ1v) is 6.80. The first kappa shape index (κ1) is 16.3. The molecular weight excluding hydrogens is 244 g/mol. The minimum atomic E-state index is -3.63. The Hall–Kier alpha value is -0.680. The van der Waals surface area contributed by atoms with E-state index in [0.29, 0.717) is 0 Å². The standard InChI is InChI=1S/C10H20N2O4S/c1-9(8-16-4)12(5-6-15-3)17(13,14)10(2)7-11/h9-10H,5-6,8H2,1-4H3. The van der Waals surface area contributed by atoms with Crippen molar-refractivity contribution in [2.75, 3.05) is 34.0 Å². The topological polar surface area (TPSA) is 79.6 Å². The van der Waals surface area contributed by atoms with Gasteiger partial charge in [-0.2, -0.15) is 9.57 Å². The summed E-state index contributed by atoms with van der Waals surface area (Å²) in [5.74, 6) is 0. The predicted octanol–water partition coefficient (Wildman–Crippen LogP) is 0.212. The molecule has 0 aromatic heterocycles. The summed E-state index contributed by atoms with van der Waals surface area (Å²) in [4.78, 5) is 0. The molecule has 7 heteroatoms. The molecule has 2 unspecified atom stereocenters. The molecule has 0 amide bonds. The van der Waals surface area contributed by atoms with E-state index in [0.717, 1.165) is 0 Å². The third kappa shape index (κ3) is 4.60. The van der Waals surface area contributed by atoms with Gasteiger partial charge in [0.25, 0.3) is 0 Å². The summed E-state index contributed by atoms with van der Waals surface area (Å²) in [6.45, 7) is 3.89. The van der Waals surface area contributed by atoms with Crippen molar-refractivity contribution in [1.29, 1.82) is 5.26 Å². The van der Waals surface area contributed by atoms with Crippen LogP contribution in [0.1, 0.15) is 13.8 Å². The molecule has 0 saturated carbocycles. The Kier molecular flexibility index (Phi) is 7.30. The van der Waals surface area contributed by atoms with Gasteiger partial charge in [0.1, 0.15) is 0 Å². The highest BCUT2D eigenvalue weighted by atomic mass is 32.2. The van der Waals surface area contributed by atoms with Crippen LogP contribution in [0.3, 0.4) is 0 Å². The van der Waals surface area contributed by atoms with Gasteiger partial charge in [-0.25, -0.2) is 8.42 Å². The molecule has 0 aromatic rings. The quantitative estimate of drug-likeness (QED) is 0.626. The molecule has 0 aliphatic carbocycles. The molecule has 0 aliphatic heterocycles. The normalized spacial score (nSPS) is 15.5. The van der Waals surface area contributed by atoms with E-state index in [1.54, 1.807) is 13.0 Å². The van der Waals surface area contributed by atoms with Crippen LogP contribution in [0.25, 0.3) is 0 Å². The molecular formula is C10H20N2O4S. The zero-order valence-corrected chi connectivity index (χ0v) is 11.5. The summed E-state index contributed by atoms with van der Waals surface area (Å²) in [5.41, 5.74) is 0.